The van der Waals surface area contributed by atoms with Crippen LogP contribution in [-0.2, 0) is 17.3 Å². The predicted octanol–water partition coefficient (Wildman–Crippen LogP) is 6.85. The first-order valence-corrected chi connectivity index (χ1v) is 17.5. The van der Waals surface area contributed by atoms with Gasteiger partial charge in [-0.2, -0.15) is 11.1 Å². The van der Waals surface area contributed by atoms with E-state index in [1.165, 1.54) is 17.2 Å². The van der Waals surface area contributed by atoms with Gasteiger partial charge in [-0.05, 0) is 43.1 Å². The quantitative estimate of drug-likeness (QED) is 0.352. The summed E-state index contributed by atoms with van der Waals surface area (Å²) in [5.41, 5.74) is 4.41. The Morgan fingerprint density at radius 3 is 1.66 bits per heavy atom. The third-order valence-electron chi connectivity index (χ3n) is 4.31. The molecule has 0 aliphatic heterocycles. The van der Waals surface area contributed by atoms with Crippen LogP contribution < -0.4 is 0 Å². The number of halogens is 1. The molecule has 2 aromatic rings. The minimum absolute atomic E-state index is 0.240. The molecular weight excluding hydrogens is 412 g/mol. The molecule has 0 aliphatic carbocycles. The third-order valence-corrected chi connectivity index (χ3v) is 8.43. The molecule has 0 saturated heterocycles. The normalized spacial score (nSPS) is 10.9. The van der Waals surface area contributed by atoms with Crippen LogP contribution >= 0.6 is 11.1 Å². The first-order chi connectivity index (χ1) is 13.6. The summed E-state index contributed by atoms with van der Waals surface area (Å²) in [4.78, 5) is 0. The van der Waals surface area contributed by atoms with Crippen LogP contribution in [0.15, 0.2) is 72.9 Å². The zero-order valence-electron chi connectivity index (χ0n) is 18.8. The zero-order valence-corrected chi connectivity index (χ0v) is 21.6. The van der Waals surface area contributed by atoms with Crippen molar-refractivity contribution >= 4 is 26.8 Å². The molecule has 0 unspecified atom stereocenters. The Labute approximate surface area is 185 Å². The highest BCUT2D eigenvalue weighted by Crippen LogP contribution is 2.11. The molecule has 29 heavy (non-hydrogen) atoms. The molecule has 0 spiro atoms. The predicted molar refractivity (Wildman–Crippen MR) is 135 cm³/mol. The summed E-state index contributed by atoms with van der Waals surface area (Å²) in [7, 11) is -2.73. The molecule has 0 aliphatic rings. The van der Waals surface area contributed by atoms with E-state index in [0.717, 1.165) is 19.4 Å². The summed E-state index contributed by atoms with van der Waals surface area (Å²) in [6, 6.07) is 21.7. The van der Waals surface area contributed by atoms with Crippen molar-refractivity contribution in [2.75, 3.05) is 13.2 Å². The Bertz CT molecular complexity index is 641. The summed E-state index contributed by atoms with van der Waals surface area (Å²) in [5, 5.41) is 8.52. The van der Waals surface area contributed by atoms with Gasteiger partial charge in [0.25, 0.3) is 0 Å². The van der Waals surface area contributed by atoms with Crippen molar-refractivity contribution in [3.63, 3.8) is 0 Å². The van der Waals surface area contributed by atoms with E-state index in [4.69, 9.17) is 20.6 Å². The average molecular weight is 451 g/mol. The zero-order chi connectivity index (χ0) is 22.2. The van der Waals surface area contributed by atoms with Crippen LogP contribution in [0.3, 0.4) is 0 Å². The number of hydrogen-bond donors (Lipinski definition) is 1. The Morgan fingerprint density at radius 2 is 1.31 bits per heavy atom. The van der Waals surface area contributed by atoms with E-state index >= 15 is 0 Å². The van der Waals surface area contributed by atoms with Gasteiger partial charge in [-0.25, -0.2) is 0 Å². The van der Waals surface area contributed by atoms with E-state index in [1.54, 1.807) is 0 Å². The molecule has 0 bridgehead atoms. The molecule has 0 saturated carbocycles. The van der Waals surface area contributed by atoms with Gasteiger partial charge in [0.05, 0.1) is 0 Å². The van der Waals surface area contributed by atoms with E-state index < -0.39 is 15.7 Å². The maximum absolute atomic E-state index is 8.52. The molecule has 0 radical (unpaired) electrons. The second kappa shape index (κ2) is 15.6. The first-order valence-electron chi connectivity index (χ1n) is 10.3. The van der Waals surface area contributed by atoms with Crippen LogP contribution in [0.5, 0.6) is 0 Å². The van der Waals surface area contributed by atoms with Crippen molar-refractivity contribution in [2.45, 2.75) is 52.0 Å². The lowest BCUT2D eigenvalue weighted by atomic mass is 10.2. The maximum atomic E-state index is 8.52. The lowest BCUT2D eigenvalue weighted by Gasteiger charge is -2.20. The van der Waals surface area contributed by atoms with Crippen LogP contribution in [0, 0.1) is 0 Å². The molecular formula is C24H39ClO2Si2. The number of aliphatic hydroxyl groups excluding tert-OH is 1. The van der Waals surface area contributed by atoms with Crippen molar-refractivity contribution in [1.29, 1.82) is 0 Å². The molecule has 0 heterocycles. The summed E-state index contributed by atoms with van der Waals surface area (Å²) >= 11 is 5.74. The molecule has 5 heteroatoms. The summed E-state index contributed by atoms with van der Waals surface area (Å²) in [5.74, 6) is 0. The molecule has 0 amide bonds. The molecule has 162 valence electrons. The first kappa shape index (κ1) is 27.8. The summed E-state index contributed by atoms with van der Waals surface area (Å²) in [6.45, 7) is 15.5. The van der Waals surface area contributed by atoms with Crippen molar-refractivity contribution in [3.05, 3.63) is 84.1 Å². The standard InChI is InChI=1S/C12H20OSi.C8H10O.C4H9ClSi/c1-4-14(2,3)13-11-10-12-8-6-5-7-9-12;9-7-6-8-4-2-1-3-5-8;1-4-6(2,3)5/h5-9H,4,10-11H2,1-3H3;1-5,9H,6-7H2;4H,1H2,2-3H3. The highest BCUT2D eigenvalue weighted by atomic mass is 35.6. The van der Waals surface area contributed by atoms with Crippen LogP contribution in [0.2, 0.25) is 32.2 Å². The molecule has 0 fully saturated rings. The largest absolute Gasteiger partial charge is 0.417 e. The fraction of sp³-hybridized carbons (Fsp3) is 0.417. The third kappa shape index (κ3) is 17.4. The fourth-order valence-electron chi connectivity index (χ4n) is 1.97. The highest BCUT2D eigenvalue weighted by Gasteiger charge is 2.18. The van der Waals surface area contributed by atoms with Gasteiger partial charge in [0.15, 0.2) is 15.7 Å². The van der Waals surface area contributed by atoms with Gasteiger partial charge >= 0.3 is 0 Å². The lowest BCUT2D eigenvalue weighted by Crippen LogP contribution is -2.29. The summed E-state index contributed by atoms with van der Waals surface area (Å²) in [6.07, 6.45) is 1.80. The average Bonchev–Trinajstić information content (AvgIpc) is 2.70. The van der Waals surface area contributed by atoms with Crippen LogP contribution in [-0.4, -0.2) is 34.0 Å². The number of aliphatic hydroxyl groups is 1. The van der Waals surface area contributed by atoms with E-state index in [9.17, 15) is 0 Å². The molecule has 0 atom stereocenters. The monoisotopic (exact) mass is 450 g/mol. The lowest BCUT2D eigenvalue weighted by molar-refractivity contribution is 0.299. The van der Waals surface area contributed by atoms with Gasteiger partial charge < -0.3 is 9.53 Å². The Kier molecular flexibility index (Phi) is 15.0. The van der Waals surface area contributed by atoms with Gasteiger partial charge in [-0.1, -0.05) is 86.4 Å². The van der Waals surface area contributed by atoms with Crippen molar-refractivity contribution in [1.82, 2.24) is 0 Å². The summed E-state index contributed by atoms with van der Waals surface area (Å²) < 4.78 is 5.92. The number of rotatable bonds is 8. The van der Waals surface area contributed by atoms with E-state index in [0.29, 0.717) is 0 Å². The minimum atomic E-state index is -1.40. The Morgan fingerprint density at radius 1 is 0.897 bits per heavy atom. The highest BCUT2D eigenvalue weighted by molar-refractivity contribution is 7.21. The number of hydrogen-bond acceptors (Lipinski definition) is 2. The van der Waals surface area contributed by atoms with Gasteiger partial charge in [0.1, 0.15) is 0 Å². The Balaban J connectivity index is 0.000000448. The SMILES string of the molecule is C=C[Si](C)(C)Cl.CC[Si](C)(C)OCCc1ccccc1.OCCc1ccccc1. The van der Waals surface area contributed by atoms with E-state index in [1.807, 2.05) is 49.1 Å². The van der Waals surface area contributed by atoms with Crippen molar-refractivity contribution in [3.8, 4) is 0 Å². The van der Waals surface area contributed by atoms with Gasteiger partial charge in [0, 0.05) is 13.2 Å². The molecule has 2 rings (SSSR count). The minimum Gasteiger partial charge on any atom is -0.417 e. The Hall–Kier alpha value is -1.18. The fourth-order valence-corrected chi connectivity index (χ4v) is 2.82. The second-order valence-corrected chi connectivity index (χ2v) is 18.9. The maximum Gasteiger partial charge on any atom is 0.186 e. The topological polar surface area (TPSA) is 29.5 Å². The van der Waals surface area contributed by atoms with E-state index in [-0.39, 0.29) is 6.61 Å². The van der Waals surface area contributed by atoms with Gasteiger partial charge in [0.2, 0.25) is 0 Å². The smallest absolute Gasteiger partial charge is 0.186 e. The molecule has 2 nitrogen and oxygen atoms in total. The molecule has 1 N–H and O–H groups in total. The van der Waals surface area contributed by atoms with Crippen LogP contribution in [0.1, 0.15) is 18.1 Å². The van der Waals surface area contributed by atoms with Crippen LogP contribution in [0.25, 0.3) is 0 Å². The van der Waals surface area contributed by atoms with Crippen molar-refractivity contribution in [2.24, 2.45) is 0 Å². The molecule has 2 aromatic carbocycles. The van der Waals surface area contributed by atoms with Gasteiger partial charge in [-0.15, -0.1) is 6.58 Å². The van der Waals surface area contributed by atoms with E-state index in [2.05, 4.69) is 56.9 Å². The van der Waals surface area contributed by atoms with Crippen molar-refractivity contribution < 1.29 is 9.53 Å². The van der Waals surface area contributed by atoms with Gasteiger partial charge in [-0.3, -0.25) is 0 Å². The second-order valence-electron chi connectivity index (χ2n) is 7.93. The van der Waals surface area contributed by atoms with Crippen LogP contribution in [0.4, 0.5) is 0 Å². The molecule has 0 aromatic heterocycles. The number of benzene rings is 2.